The summed E-state index contributed by atoms with van der Waals surface area (Å²) in [7, 11) is -3.71. The average Bonchev–Trinajstić information content (AvgIpc) is 3.24. The highest BCUT2D eigenvalue weighted by Crippen LogP contribution is 2.49. The lowest BCUT2D eigenvalue weighted by Crippen LogP contribution is -2.47. The molecule has 3 rings (SSSR count). The third-order valence-electron chi connectivity index (χ3n) is 5.95. The van der Waals surface area contributed by atoms with Crippen LogP contribution in [0.2, 0.25) is 0 Å². The van der Waals surface area contributed by atoms with Crippen LogP contribution in [-0.2, 0) is 26.0 Å². The molecule has 4 N–H and O–H groups in total. The average molecular weight is 394 g/mol. The summed E-state index contributed by atoms with van der Waals surface area (Å²) in [6, 6.07) is 6.16. The maximum absolute atomic E-state index is 12.1. The van der Waals surface area contributed by atoms with E-state index in [1.54, 1.807) is 12.1 Å². The van der Waals surface area contributed by atoms with Gasteiger partial charge in [0.15, 0.2) is 0 Å². The van der Waals surface area contributed by atoms with Crippen molar-refractivity contribution in [3.05, 3.63) is 29.8 Å². The van der Waals surface area contributed by atoms with Gasteiger partial charge in [-0.3, -0.25) is 9.59 Å². The van der Waals surface area contributed by atoms with E-state index in [1.165, 1.54) is 31.4 Å². The van der Waals surface area contributed by atoms with Gasteiger partial charge in [-0.1, -0.05) is 18.6 Å². The number of nitrogens with one attached hydrogen (secondary N) is 2. The minimum absolute atomic E-state index is 0.0179. The number of rotatable bonds is 6. The molecule has 2 bridgehead atoms. The summed E-state index contributed by atoms with van der Waals surface area (Å²) in [6.07, 6.45) is 5.46. The van der Waals surface area contributed by atoms with Gasteiger partial charge in [0, 0.05) is 12.6 Å². The number of amides is 2. The van der Waals surface area contributed by atoms with Crippen molar-refractivity contribution in [2.75, 3.05) is 6.54 Å². The summed E-state index contributed by atoms with van der Waals surface area (Å²) >= 11 is 0. The molecule has 1 aromatic rings. The molecule has 2 aliphatic rings. The van der Waals surface area contributed by atoms with E-state index < -0.39 is 21.8 Å². The van der Waals surface area contributed by atoms with Gasteiger partial charge in [0.25, 0.3) is 0 Å². The number of carbonyl (C=O) groups is 2. The Morgan fingerprint density at radius 3 is 2.41 bits per heavy atom. The molecule has 148 valence electrons. The van der Waals surface area contributed by atoms with Crippen LogP contribution in [-0.4, -0.2) is 32.8 Å². The second kappa shape index (κ2) is 7.98. The lowest BCUT2D eigenvalue weighted by atomic mass is 9.84. The van der Waals surface area contributed by atoms with Crippen molar-refractivity contribution >= 4 is 21.8 Å². The fourth-order valence-electron chi connectivity index (χ4n) is 4.53. The van der Waals surface area contributed by atoms with Crippen LogP contribution in [0.3, 0.4) is 0 Å². The third kappa shape index (κ3) is 4.87. The van der Waals surface area contributed by atoms with Crippen molar-refractivity contribution in [1.82, 2.24) is 10.6 Å². The minimum Gasteiger partial charge on any atom is -0.348 e. The van der Waals surface area contributed by atoms with Crippen LogP contribution in [0, 0.1) is 17.8 Å². The molecule has 0 aliphatic heterocycles. The zero-order chi connectivity index (χ0) is 19.6. The fraction of sp³-hybridized carbons (Fsp3) is 0.579. The van der Waals surface area contributed by atoms with Gasteiger partial charge in [-0.05, 0) is 68.1 Å². The molecule has 2 amide bonds. The summed E-state index contributed by atoms with van der Waals surface area (Å²) in [5.41, 5.74) is 0.846. The normalized spacial score (nSPS) is 25.2. The molecule has 2 aliphatic carbocycles. The van der Waals surface area contributed by atoms with Gasteiger partial charge >= 0.3 is 11.8 Å². The van der Waals surface area contributed by atoms with Gasteiger partial charge in [0.1, 0.15) is 0 Å². The second-order valence-corrected chi connectivity index (χ2v) is 9.36. The van der Waals surface area contributed by atoms with Crippen LogP contribution in [0.5, 0.6) is 0 Å². The Bertz CT molecular complexity index is 807. The highest BCUT2D eigenvalue weighted by atomic mass is 32.2. The Kier molecular flexibility index (Phi) is 5.86. The van der Waals surface area contributed by atoms with Gasteiger partial charge in [-0.2, -0.15) is 0 Å². The predicted octanol–water partition coefficient (Wildman–Crippen LogP) is 0.934. The SMILES string of the molecule is CC(NC(=O)C(=O)NCCc1ccc(S(N)(=O)=O)cc1)C1CC2CCC1C2. The number of fused-ring (bicyclic) bond motifs is 2. The zero-order valence-electron chi connectivity index (χ0n) is 15.5. The number of sulfonamides is 1. The van der Waals surface area contributed by atoms with Gasteiger partial charge < -0.3 is 10.6 Å². The maximum atomic E-state index is 12.1. The maximum Gasteiger partial charge on any atom is 0.309 e. The molecule has 0 saturated heterocycles. The highest BCUT2D eigenvalue weighted by Gasteiger charge is 2.42. The Balaban J connectivity index is 1.41. The van der Waals surface area contributed by atoms with E-state index >= 15 is 0 Å². The van der Waals surface area contributed by atoms with Gasteiger partial charge in [-0.25, -0.2) is 13.6 Å². The fourth-order valence-corrected chi connectivity index (χ4v) is 5.05. The number of primary sulfonamides is 1. The predicted molar refractivity (Wildman–Crippen MR) is 101 cm³/mol. The monoisotopic (exact) mass is 393 g/mol. The van der Waals surface area contributed by atoms with E-state index in [1.807, 2.05) is 6.92 Å². The van der Waals surface area contributed by atoms with Crippen LogP contribution in [0.15, 0.2) is 29.2 Å². The van der Waals surface area contributed by atoms with E-state index in [0.29, 0.717) is 24.8 Å². The number of carbonyl (C=O) groups excluding carboxylic acids is 2. The molecule has 4 atom stereocenters. The van der Waals surface area contributed by atoms with E-state index in [0.717, 1.165) is 17.9 Å². The Labute approximate surface area is 160 Å². The van der Waals surface area contributed by atoms with Crippen molar-refractivity contribution in [1.29, 1.82) is 0 Å². The third-order valence-corrected chi connectivity index (χ3v) is 6.88. The first-order chi connectivity index (χ1) is 12.7. The van der Waals surface area contributed by atoms with Crippen LogP contribution in [0.1, 0.15) is 38.2 Å². The van der Waals surface area contributed by atoms with Crippen LogP contribution in [0.25, 0.3) is 0 Å². The smallest absolute Gasteiger partial charge is 0.309 e. The van der Waals surface area contributed by atoms with Gasteiger partial charge in [-0.15, -0.1) is 0 Å². The molecule has 8 heteroatoms. The number of hydrogen-bond donors (Lipinski definition) is 3. The standard InChI is InChI=1S/C19H27N3O4S/c1-12(17-11-14-2-5-15(17)10-14)22-19(24)18(23)21-9-8-13-3-6-16(7-4-13)27(20,25)26/h3-4,6-7,12,14-15,17H,2,5,8-11H2,1H3,(H,21,23)(H,22,24)(H2,20,25,26). The first kappa shape index (κ1) is 19.8. The molecule has 27 heavy (non-hydrogen) atoms. The molecule has 0 heterocycles. The molecule has 2 saturated carbocycles. The van der Waals surface area contributed by atoms with Crippen LogP contribution in [0.4, 0.5) is 0 Å². The molecule has 4 unspecified atom stereocenters. The zero-order valence-corrected chi connectivity index (χ0v) is 16.3. The number of benzene rings is 1. The summed E-state index contributed by atoms with van der Waals surface area (Å²) in [5.74, 6) is 0.751. The Hall–Kier alpha value is -1.93. The van der Waals surface area contributed by atoms with Crippen LogP contribution < -0.4 is 15.8 Å². The molecule has 0 aromatic heterocycles. The minimum atomic E-state index is -3.71. The highest BCUT2D eigenvalue weighted by molar-refractivity contribution is 7.89. The van der Waals surface area contributed by atoms with Gasteiger partial charge in [0.2, 0.25) is 10.0 Å². The Morgan fingerprint density at radius 2 is 1.85 bits per heavy atom. The molecule has 2 fully saturated rings. The largest absolute Gasteiger partial charge is 0.348 e. The van der Waals surface area contributed by atoms with Crippen molar-refractivity contribution in [2.24, 2.45) is 22.9 Å². The summed E-state index contributed by atoms with van der Waals surface area (Å²) < 4.78 is 22.4. The molecule has 7 nitrogen and oxygen atoms in total. The van der Waals surface area contributed by atoms with E-state index in [2.05, 4.69) is 10.6 Å². The molecular formula is C19H27N3O4S. The number of hydrogen-bond acceptors (Lipinski definition) is 4. The van der Waals surface area contributed by atoms with Crippen molar-refractivity contribution in [2.45, 2.75) is 50.0 Å². The second-order valence-electron chi connectivity index (χ2n) is 7.80. The first-order valence-corrected chi connectivity index (χ1v) is 11.0. The molecule has 0 spiro atoms. The summed E-state index contributed by atoms with van der Waals surface area (Å²) in [5, 5.41) is 10.5. The van der Waals surface area contributed by atoms with Crippen molar-refractivity contribution in [3.8, 4) is 0 Å². The van der Waals surface area contributed by atoms with E-state index in [9.17, 15) is 18.0 Å². The molecular weight excluding hydrogens is 366 g/mol. The van der Waals surface area contributed by atoms with E-state index in [-0.39, 0.29) is 10.9 Å². The topological polar surface area (TPSA) is 118 Å². The first-order valence-electron chi connectivity index (χ1n) is 9.44. The lowest BCUT2D eigenvalue weighted by molar-refractivity contribution is -0.139. The van der Waals surface area contributed by atoms with Gasteiger partial charge in [0.05, 0.1) is 4.90 Å². The van der Waals surface area contributed by atoms with E-state index in [4.69, 9.17) is 5.14 Å². The summed E-state index contributed by atoms with van der Waals surface area (Å²) in [4.78, 5) is 24.2. The van der Waals surface area contributed by atoms with Crippen molar-refractivity contribution < 1.29 is 18.0 Å². The number of nitrogens with two attached hydrogens (primary N) is 1. The Morgan fingerprint density at radius 1 is 1.15 bits per heavy atom. The van der Waals surface area contributed by atoms with Crippen molar-refractivity contribution in [3.63, 3.8) is 0 Å². The quantitative estimate of drug-likeness (QED) is 0.623. The molecule has 1 aromatic carbocycles. The lowest BCUT2D eigenvalue weighted by Gasteiger charge is -2.28. The van der Waals surface area contributed by atoms with Crippen LogP contribution >= 0.6 is 0 Å². The summed E-state index contributed by atoms with van der Waals surface area (Å²) in [6.45, 7) is 2.28. The molecule has 0 radical (unpaired) electrons.